The van der Waals surface area contributed by atoms with Gasteiger partial charge in [-0.1, -0.05) is 0 Å². The van der Waals surface area contributed by atoms with Crippen LogP contribution in [0, 0.1) is 0 Å². The van der Waals surface area contributed by atoms with E-state index in [4.69, 9.17) is 8.83 Å². The van der Waals surface area contributed by atoms with Gasteiger partial charge in [-0.2, -0.15) is 13.9 Å². The van der Waals surface area contributed by atoms with Crippen LogP contribution >= 0.6 is 0 Å². The highest BCUT2D eigenvalue weighted by molar-refractivity contribution is 6.01. The van der Waals surface area contributed by atoms with Crippen molar-refractivity contribution in [1.29, 1.82) is 0 Å². The number of carbonyl (C=O) groups is 1. The first-order valence-electron chi connectivity index (χ1n) is 8.86. The van der Waals surface area contributed by atoms with E-state index in [-0.39, 0.29) is 24.2 Å². The van der Waals surface area contributed by atoms with Crippen molar-refractivity contribution in [2.24, 2.45) is 5.10 Å². The predicted molar refractivity (Wildman–Crippen MR) is 99.7 cm³/mol. The first-order chi connectivity index (χ1) is 14.1. The van der Waals surface area contributed by atoms with Crippen LogP contribution in [0.2, 0.25) is 0 Å². The maximum atomic E-state index is 12.8. The van der Waals surface area contributed by atoms with Gasteiger partial charge in [-0.05, 0) is 48.5 Å². The summed E-state index contributed by atoms with van der Waals surface area (Å²) in [4.78, 5) is 12.8. The quantitative estimate of drug-likeness (QED) is 0.640. The van der Waals surface area contributed by atoms with Gasteiger partial charge in [0, 0.05) is 12.1 Å². The number of halogens is 2. The SMILES string of the molecule is O=C(CNc1ccc(OC(F)F)cc1)N1N=C(c2ccco2)C[C@H]1c1ccco1. The molecule has 0 saturated carbocycles. The number of benzene rings is 1. The van der Waals surface area contributed by atoms with E-state index in [0.29, 0.717) is 29.3 Å². The van der Waals surface area contributed by atoms with Gasteiger partial charge in [-0.25, -0.2) is 5.01 Å². The van der Waals surface area contributed by atoms with E-state index in [0.717, 1.165) is 0 Å². The molecule has 0 fully saturated rings. The Labute approximate surface area is 164 Å². The van der Waals surface area contributed by atoms with Crippen molar-refractivity contribution in [2.75, 3.05) is 11.9 Å². The fourth-order valence-electron chi connectivity index (χ4n) is 3.05. The molecule has 1 aromatic carbocycles. The van der Waals surface area contributed by atoms with Gasteiger partial charge in [-0.15, -0.1) is 0 Å². The molecular weight excluding hydrogens is 384 g/mol. The molecular formula is C20H17F2N3O4. The Morgan fingerprint density at radius 2 is 1.93 bits per heavy atom. The number of ether oxygens (including phenoxy) is 1. The molecule has 1 aliphatic rings. The summed E-state index contributed by atoms with van der Waals surface area (Å²) >= 11 is 0. The Hall–Kier alpha value is -3.62. The van der Waals surface area contributed by atoms with Gasteiger partial charge >= 0.3 is 6.61 Å². The van der Waals surface area contributed by atoms with Crippen molar-refractivity contribution in [3.05, 3.63) is 72.6 Å². The summed E-state index contributed by atoms with van der Waals surface area (Å²) in [7, 11) is 0. The molecule has 1 atom stereocenters. The Kier molecular flexibility index (Phi) is 5.28. The zero-order chi connectivity index (χ0) is 20.2. The molecule has 0 spiro atoms. The molecule has 0 aliphatic carbocycles. The third-order valence-corrected chi connectivity index (χ3v) is 4.37. The van der Waals surface area contributed by atoms with Crippen molar-refractivity contribution in [3.63, 3.8) is 0 Å². The van der Waals surface area contributed by atoms with Crippen LogP contribution < -0.4 is 10.1 Å². The highest BCUT2D eigenvalue weighted by Gasteiger charge is 2.35. The number of anilines is 1. The number of alkyl halides is 2. The summed E-state index contributed by atoms with van der Waals surface area (Å²) < 4.78 is 39.6. The molecule has 150 valence electrons. The summed E-state index contributed by atoms with van der Waals surface area (Å²) in [5, 5.41) is 8.76. The molecule has 0 saturated heterocycles. The second-order valence-corrected chi connectivity index (χ2v) is 6.25. The smallest absolute Gasteiger partial charge is 0.387 e. The lowest BCUT2D eigenvalue weighted by Crippen LogP contribution is -2.32. The maximum absolute atomic E-state index is 12.8. The molecule has 1 amide bonds. The van der Waals surface area contributed by atoms with Crippen molar-refractivity contribution < 1.29 is 27.1 Å². The number of furan rings is 2. The van der Waals surface area contributed by atoms with Crippen molar-refractivity contribution in [2.45, 2.75) is 19.1 Å². The van der Waals surface area contributed by atoms with Crippen molar-refractivity contribution >= 4 is 17.3 Å². The van der Waals surface area contributed by atoms with E-state index < -0.39 is 6.61 Å². The molecule has 3 aromatic rings. The highest BCUT2D eigenvalue weighted by atomic mass is 19.3. The average Bonchev–Trinajstić information content (AvgIpc) is 3.47. The Balaban J connectivity index is 1.45. The summed E-state index contributed by atoms with van der Waals surface area (Å²) in [5.41, 5.74) is 1.24. The number of hydrogen-bond acceptors (Lipinski definition) is 6. The van der Waals surface area contributed by atoms with Crippen LogP contribution in [0.5, 0.6) is 5.75 Å². The first-order valence-corrected chi connectivity index (χ1v) is 8.86. The van der Waals surface area contributed by atoms with Gasteiger partial charge in [0.25, 0.3) is 5.91 Å². The van der Waals surface area contributed by atoms with Crippen LogP contribution in [0.25, 0.3) is 0 Å². The number of carbonyl (C=O) groups excluding carboxylic acids is 1. The summed E-state index contributed by atoms with van der Waals surface area (Å²) in [6.45, 7) is -2.92. The first kappa shape index (κ1) is 18.7. The maximum Gasteiger partial charge on any atom is 0.387 e. The predicted octanol–water partition coefficient (Wildman–Crippen LogP) is 4.26. The van der Waals surface area contributed by atoms with Crippen molar-refractivity contribution in [3.8, 4) is 5.75 Å². The standard InChI is InChI=1S/C20H17F2N3O4/c21-20(22)29-14-7-5-13(6-8-14)23-12-19(26)25-16(18-4-2-10-28-18)11-15(24-25)17-3-1-9-27-17/h1-10,16,20,23H,11-12H2/t16-/m0/s1. The van der Waals surface area contributed by atoms with Gasteiger partial charge in [0.2, 0.25) is 0 Å². The third-order valence-electron chi connectivity index (χ3n) is 4.37. The zero-order valence-electron chi connectivity index (χ0n) is 15.1. The minimum Gasteiger partial charge on any atom is -0.467 e. The lowest BCUT2D eigenvalue weighted by Gasteiger charge is -2.20. The molecule has 7 nitrogen and oxygen atoms in total. The minimum atomic E-state index is -2.88. The number of amides is 1. The van der Waals surface area contributed by atoms with Gasteiger partial charge in [0.15, 0.2) is 0 Å². The zero-order valence-corrected chi connectivity index (χ0v) is 15.1. The lowest BCUT2D eigenvalue weighted by atomic mass is 10.1. The van der Waals surface area contributed by atoms with Crippen LogP contribution in [-0.4, -0.2) is 29.8 Å². The summed E-state index contributed by atoms with van der Waals surface area (Å²) in [5.74, 6) is 0.986. The number of rotatable bonds is 7. The molecule has 0 unspecified atom stereocenters. The fraction of sp³-hybridized carbons (Fsp3) is 0.200. The van der Waals surface area contributed by atoms with E-state index in [2.05, 4.69) is 15.2 Å². The van der Waals surface area contributed by atoms with Gasteiger partial charge in [0.1, 0.15) is 29.0 Å². The largest absolute Gasteiger partial charge is 0.467 e. The number of nitrogens with zero attached hydrogens (tertiary/aromatic N) is 2. The van der Waals surface area contributed by atoms with Crippen LogP contribution in [0.15, 0.2) is 75.0 Å². The van der Waals surface area contributed by atoms with Crippen LogP contribution in [0.1, 0.15) is 24.0 Å². The molecule has 0 radical (unpaired) electrons. The Bertz CT molecular complexity index is 970. The molecule has 4 rings (SSSR count). The van der Waals surface area contributed by atoms with Gasteiger partial charge in [-0.3, -0.25) is 4.79 Å². The average molecular weight is 401 g/mol. The molecule has 1 N–H and O–H groups in total. The molecule has 2 aromatic heterocycles. The lowest BCUT2D eigenvalue weighted by molar-refractivity contribution is -0.131. The van der Waals surface area contributed by atoms with Crippen molar-refractivity contribution in [1.82, 2.24) is 5.01 Å². The van der Waals surface area contributed by atoms with E-state index in [1.807, 2.05) is 0 Å². The topological polar surface area (TPSA) is 80.2 Å². The third kappa shape index (κ3) is 4.29. The summed E-state index contributed by atoms with van der Waals surface area (Å²) in [6, 6.07) is 12.6. The molecule has 29 heavy (non-hydrogen) atoms. The second kappa shape index (κ2) is 8.17. The highest BCUT2D eigenvalue weighted by Crippen LogP contribution is 2.33. The number of nitrogens with one attached hydrogen (secondary N) is 1. The van der Waals surface area contributed by atoms with Gasteiger partial charge in [0.05, 0.1) is 19.1 Å². The van der Waals surface area contributed by atoms with E-state index >= 15 is 0 Å². The normalized spacial score (nSPS) is 16.2. The van der Waals surface area contributed by atoms with E-state index in [1.54, 1.807) is 48.9 Å². The summed E-state index contributed by atoms with van der Waals surface area (Å²) in [6.07, 6.45) is 3.56. The minimum absolute atomic E-state index is 0.0405. The second-order valence-electron chi connectivity index (χ2n) is 6.25. The number of hydrazone groups is 1. The molecule has 3 heterocycles. The van der Waals surface area contributed by atoms with Crippen LogP contribution in [-0.2, 0) is 4.79 Å². The Morgan fingerprint density at radius 1 is 1.17 bits per heavy atom. The monoisotopic (exact) mass is 401 g/mol. The fourth-order valence-corrected chi connectivity index (χ4v) is 3.05. The Morgan fingerprint density at radius 3 is 2.59 bits per heavy atom. The molecule has 0 bridgehead atoms. The van der Waals surface area contributed by atoms with Crippen LogP contribution in [0.4, 0.5) is 14.5 Å². The molecule has 1 aliphatic heterocycles. The van der Waals surface area contributed by atoms with Crippen LogP contribution in [0.3, 0.4) is 0 Å². The van der Waals surface area contributed by atoms with E-state index in [1.165, 1.54) is 17.1 Å². The van der Waals surface area contributed by atoms with Gasteiger partial charge < -0.3 is 18.9 Å². The number of hydrogen-bond donors (Lipinski definition) is 1. The molecule has 9 heteroatoms. The van der Waals surface area contributed by atoms with E-state index in [9.17, 15) is 13.6 Å².